The van der Waals surface area contributed by atoms with Gasteiger partial charge in [-0.2, -0.15) is 0 Å². The number of ether oxygens (including phenoxy) is 2. The molecule has 0 spiro atoms. The van der Waals surface area contributed by atoms with E-state index in [4.69, 9.17) is 9.47 Å². The molecule has 1 amide bonds. The molecule has 1 aliphatic rings. The number of amides is 1. The first kappa shape index (κ1) is 24.5. The quantitative estimate of drug-likeness (QED) is 0.217. The van der Waals surface area contributed by atoms with E-state index in [-0.39, 0.29) is 23.7 Å². The average molecular weight is 488 g/mol. The lowest BCUT2D eigenvalue weighted by atomic mass is 9.95. The highest BCUT2D eigenvalue weighted by atomic mass is 16.5. The molecule has 0 aromatic heterocycles. The third-order valence-corrected chi connectivity index (χ3v) is 5.75. The molecule has 184 valence electrons. The Balaban J connectivity index is 1.82. The number of phenols is 1. The molecule has 0 bridgehead atoms. The standard InChI is InChI=1S/C28H25NO7/c1-3-35-22-15-9-18(10-16-22)25(31)23-24(17-7-13-21(30)14-8-17)29(27(33)26(23)32)20-11-5-19(6-12-20)28(34)36-4-2/h5-16,24,30-31H,3-4H2,1-2H3/b25-23+. The summed E-state index contributed by atoms with van der Waals surface area (Å²) in [5, 5.41) is 21.0. The number of Topliss-reactive ketones (excluding diaryl/α,β-unsaturated/α-hetero) is 1. The molecule has 8 nitrogen and oxygen atoms in total. The van der Waals surface area contributed by atoms with Crippen molar-refractivity contribution in [3.8, 4) is 11.5 Å². The zero-order chi connectivity index (χ0) is 25.8. The third kappa shape index (κ3) is 4.65. The molecule has 3 aromatic carbocycles. The highest BCUT2D eigenvalue weighted by Crippen LogP contribution is 2.42. The van der Waals surface area contributed by atoms with Gasteiger partial charge in [-0.25, -0.2) is 4.79 Å². The summed E-state index contributed by atoms with van der Waals surface area (Å²) in [5.41, 5.74) is 1.41. The van der Waals surface area contributed by atoms with Crippen LogP contribution in [0.1, 0.15) is 41.4 Å². The van der Waals surface area contributed by atoms with E-state index in [1.807, 2.05) is 6.92 Å². The van der Waals surface area contributed by atoms with Gasteiger partial charge in [0.1, 0.15) is 17.3 Å². The molecule has 36 heavy (non-hydrogen) atoms. The van der Waals surface area contributed by atoms with Crippen molar-refractivity contribution in [3.05, 3.63) is 95.1 Å². The highest BCUT2D eigenvalue weighted by Gasteiger charge is 2.47. The number of anilines is 1. The minimum Gasteiger partial charge on any atom is -0.508 e. The molecule has 1 aliphatic heterocycles. The van der Waals surface area contributed by atoms with Gasteiger partial charge in [0.05, 0.1) is 30.4 Å². The van der Waals surface area contributed by atoms with Gasteiger partial charge >= 0.3 is 5.97 Å². The summed E-state index contributed by atoms with van der Waals surface area (Å²) >= 11 is 0. The molecular weight excluding hydrogens is 462 g/mol. The first-order valence-electron chi connectivity index (χ1n) is 11.5. The molecule has 1 unspecified atom stereocenters. The van der Waals surface area contributed by atoms with Crippen LogP contribution in [0.2, 0.25) is 0 Å². The van der Waals surface area contributed by atoms with Gasteiger partial charge in [0.2, 0.25) is 0 Å². The van der Waals surface area contributed by atoms with Gasteiger partial charge in [-0.3, -0.25) is 14.5 Å². The van der Waals surface area contributed by atoms with Crippen LogP contribution in [0.4, 0.5) is 5.69 Å². The smallest absolute Gasteiger partial charge is 0.338 e. The van der Waals surface area contributed by atoms with Crippen LogP contribution in [0.5, 0.6) is 11.5 Å². The Kier molecular flexibility index (Phi) is 7.05. The molecule has 0 aliphatic carbocycles. The Bertz CT molecular complexity index is 1310. The first-order valence-corrected chi connectivity index (χ1v) is 11.5. The maximum Gasteiger partial charge on any atom is 0.338 e. The van der Waals surface area contributed by atoms with Gasteiger partial charge in [-0.05, 0) is 80.1 Å². The molecule has 8 heteroatoms. The molecule has 1 heterocycles. The largest absolute Gasteiger partial charge is 0.508 e. The number of carbonyl (C=O) groups excluding carboxylic acids is 3. The van der Waals surface area contributed by atoms with Crippen molar-refractivity contribution < 1.29 is 34.1 Å². The Labute approximate surface area is 208 Å². The van der Waals surface area contributed by atoms with Crippen molar-refractivity contribution in [1.82, 2.24) is 0 Å². The second-order valence-electron chi connectivity index (χ2n) is 7.99. The van der Waals surface area contributed by atoms with E-state index < -0.39 is 23.7 Å². The Morgan fingerprint density at radius 3 is 2.06 bits per heavy atom. The number of aliphatic hydroxyl groups excluding tert-OH is 1. The van der Waals surface area contributed by atoms with Crippen molar-refractivity contribution in [2.45, 2.75) is 19.9 Å². The number of phenolic OH excluding ortho intramolecular Hbond substituents is 1. The monoisotopic (exact) mass is 487 g/mol. The molecule has 1 saturated heterocycles. The lowest BCUT2D eigenvalue weighted by Gasteiger charge is -2.25. The van der Waals surface area contributed by atoms with Crippen LogP contribution in [0.15, 0.2) is 78.4 Å². The van der Waals surface area contributed by atoms with E-state index in [0.717, 1.165) is 0 Å². The van der Waals surface area contributed by atoms with Crippen molar-refractivity contribution in [1.29, 1.82) is 0 Å². The number of benzene rings is 3. The fourth-order valence-corrected chi connectivity index (χ4v) is 4.07. The Morgan fingerprint density at radius 2 is 1.47 bits per heavy atom. The maximum atomic E-state index is 13.2. The van der Waals surface area contributed by atoms with Crippen LogP contribution < -0.4 is 9.64 Å². The molecule has 1 fully saturated rings. The minimum absolute atomic E-state index is 0.0148. The number of rotatable bonds is 7. The highest BCUT2D eigenvalue weighted by molar-refractivity contribution is 6.51. The summed E-state index contributed by atoms with van der Waals surface area (Å²) in [4.78, 5) is 39.8. The average Bonchev–Trinajstić information content (AvgIpc) is 3.15. The molecule has 1 atom stereocenters. The van der Waals surface area contributed by atoms with Gasteiger partial charge in [0.25, 0.3) is 11.7 Å². The van der Waals surface area contributed by atoms with E-state index in [1.165, 1.54) is 29.2 Å². The molecule has 3 aromatic rings. The SMILES string of the molecule is CCOC(=O)c1ccc(N2C(=O)C(=O)/C(=C(/O)c3ccc(OCC)cc3)C2c2ccc(O)cc2)cc1. The number of aromatic hydroxyl groups is 1. The summed E-state index contributed by atoms with van der Waals surface area (Å²) < 4.78 is 10.4. The molecule has 2 N–H and O–H groups in total. The fraction of sp³-hybridized carbons (Fsp3) is 0.179. The molecular formula is C28H25NO7. The van der Waals surface area contributed by atoms with Crippen LogP contribution in [-0.2, 0) is 14.3 Å². The van der Waals surface area contributed by atoms with Crippen molar-refractivity contribution >= 4 is 29.1 Å². The zero-order valence-corrected chi connectivity index (χ0v) is 19.8. The van der Waals surface area contributed by atoms with Crippen molar-refractivity contribution in [3.63, 3.8) is 0 Å². The second kappa shape index (κ2) is 10.4. The summed E-state index contributed by atoms with van der Waals surface area (Å²) in [5.74, 6) is -1.90. The fourth-order valence-electron chi connectivity index (χ4n) is 4.07. The van der Waals surface area contributed by atoms with Gasteiger partial charge in [-0.1, -0.05) is 12.1 Å². The molecule has 4 rings (SSSR count). The van der Waals surface area contributed by atoms with Crippen LogP contribution in [0.3, 0.4) is 0 Å². The Morgan fingerprint density at radius 1 is 0.861 bits per heavy atom. The zero-order valence-electron chi connectivity index (χ0n) is 19.8. The maximum absolute atomic E-state index is 13.2. The van der Waals surface area contributed by atoms with Crippen molar-refractivity contribution in [2.24, 2.45) is 0 Å². The van der Waals surface area contributed by atoms with Crippen molar-refractivity contribution in [2.75, 3.05) is 18.1 Å². The lowest BCUT2D eigenvalue weighted by molar-refractivity contribution is -0.132. The Hall–Kier alpha value is -4.59. The minimum atomic E-state index is -0.967. The number of nitrogens with zero attached hydrogens (tertiary/aromatic N) is 1. The van der Waals surface area contributed by atoms with Crippen LogP contribution in [-0.4, -0.2) is 41.1 Å². The summed E-state index contributed by atoms with van der Waals surface area (Å²) in [7, 11) is 0. The predicted octanol–water partition coefficient (Wildman–Crippen LogP) is 4.59. The van der Waals surface area contributed by atoms with Gasteiger partial charge in [0, 0.05) is 11.3 Å². The normalized spacial score (nSPS) is 16.7. The first-order chi connectivity index (χ1) is 17.3. The number of hydrogen-bond acceptors (Lipinski definition) is 7. The van der Waals surface area contributed by atoms with Crippen LogP contribution >= 0.6 is 0 Å². The summed E-state index contributed by atoms with van der Waals surface area (Å²) in [6.45, 7) is 4.26. The number of carbonyl (C=O) groups is 3. The number of hydrogen-bond donors (Lipinski definition) is 2. The lowest BCUT2D eigenvalue weighted by Crippen LogP contribution is -2.29. The number of ketones is 1. The number of aliphatic hydroxyl groups is 1. The summed E-state index contributed by atoms with van der Waals surface area (Å²) in [6.07, 6.45) is 0. The van der Waals surface area contributed by atoms with E-state index >= 15 is 0 Å². The summed E-state index contributed by atoms with van der Waals surface area (Å²) in [6, 6.07) is 17.7. The van der Waals surface area contributed by atoms with E-state index in [2.05, 4.69) is 0 Å². The van der Waals surface area contributed by atoms with Gasteiger partial charge in [0.15, 0.2) is 0 Å². The molecule has 0 saturated carbocycles. The predicted molar refractivity (Wildman–Crippen MR) is 133 cm³/mol. The van der Waals surface area contributed by atoms with Crippen LogP contribution in [0, 0.1) is 0 Å². The number of esters is 1. The van der Waals surface area contributed by atoms with E-state index in [9.17, 15) is 24.6 Å². The third-order valence-electron chi connectivity index (χ3n) is 5.75. The van der Waals surface area contributed by atoms with E-state index in [0.29, 0.717) is 34.7 Å². The molecule has 0 radical (unpaired) electrons. The van der Waals surface area contributed by atoms with E-state index in [1.54, 1.807) is 55.5 Å². The van der Waals surface area contributed by atoms with Gasteiger partial charge < -0.3 is 19.7 Å². The van der Waals surface area contributed by atoms with Gasteiger partial charge in [-0.15, -0.1) is 0 Å². The second-order valence-corrected chi connectivity index (χ2v) is 7.99. The topological polar surface area (TPSA) is 113 Å². The van der Waals surface area contributed by atoms with Crippen LogP contribution in [0.25, 0.3) is 5.76 Å².